The fourth-order valence-electron chi connectivity index (χ4n) is 3.03. The first kappa shape index (κ1) is 19.4. The lowest BCUT2D eigenvalue weighted by atomic mass is 10.1. The maximum Gasteiger partial charge on any atom is 0.416 e. The van der Waals surface area contributed by atoms with Crippen LogP contribution in [0, 0.1) is 0 Å². The number of carbonyl (C=O) groups excluding carboxylic acids is 1. The number of amides is 1. The SMILES string of the molecule is O=C(Nc1cccc(C(F)(F)F)c1)c1cc(-c2ccccc2)nn1-c1ccccc1. The highest BCUT2D eigenvalue weighted by atomic mass is 19.4. The van der Waals surface area contributed by atoms with Gasteiger partial charge in [0.2, 0.25) is 0 Å². The summed E-state index contributed by atoms with van der Waals surface area (Å²) in [6.07, 6.45) is -4.49. The van der Waals surface area contributed by atoms with Gasteiger partial charge in [0.1, 0.15) is 5.69 Å². The Morgan fingerprint density at radius 2 is 1.50 bits per heavy atom. The molecule has 0 fully saturated rings. The number of para-hydroxylation sites is 1. The molecule has 0 aliphatic rings. The molecular weight excluding hydrogens is 391 g/mol. The monoisotopic (exact) mass is 407 g/mol. The van der Waals surface area contributed by atoms with Gasteiger partial charge in [0.25, 0.3) is 5.91 Å². The van der Waals surface area contributed by atoms with E-state index in [0.29, 0.717) is 11.4 Å². The Morgan fingerprint density at radius 1 is 0.833 bits per heavy atom. The highest BCUT2D eigenvalue weighted by Crippen LogP contribution is 2.31. The zero-order valence-electron chi connectivity index (χ0n) is 15.6. The number of hydrogen-bond donors (Lipinski definition) is 1. The van der Waals surface area contributed by atoms with E-state index in [2.05, 4.69) is 10.4 Å². The van der Waals surface area contributed by atoms with Crippen molar-refractivity contribution in [3.8, 4) is 16.9 Å². The first-order valence-corrected chi connectivity index (χ1v) is 9.11. The molecule has 1 N–H and O–H groups in total. The summed E-state index contributed by atoms with van der Waals surface area (Å²) in [6.45, 7) is 0. The van der Waals surface area contributed by atoms with Gasteiger partial charge in [-0.1, -0.05) is 54.6 Å². The third-order valence-corrected chi connectivity index (χ3v) is 4.46. The number of halogens is 3. The molecule has 4 rings (SSSR count). The number of carbonyl (C=O) groups is 1. The van der Waals surface area contributed by atoms with Gasteiger partial charge in [-0.2, -0.15) is 18.3 Å². The topological polar surface area (TPSA) is 46.9 Å². The Hall–Kier alpha value is -3.87. The van der Waals surface area contributed by atoms with Crippen LogP contribution >= 0.6 is 0 Å². The smallest absolute Gasteiger partial charge is 0.321 e. The normalized spacial score (nSPS) is 11.3. The minimum atomic E-state index is -4.49. The molecule has 30 heavy (non-hydrogen) atoms. The average molecular weight is 407 g/mol. The summed E-state index contributed by atoms with van der Waals surface area (Å²) >= 11 is 0. The lowest BCUT2D eigenvalue weighted by Crippen LogP contribution is -2.17. The van der Waals surface area contributed by atoms with Gasteiger partial charge in [-0.3, -0.25) is 4.79 Å². The number of alkyl halides is 3. The van der Waals surface area contributed by atoms with E-state index in [1.807, 2.05) is 48.5 Å². The molecular formula is C23H16F3N3O. The molecule has 0 saturated heterocycles. The molecule has 0 unspecified atom stereocenters. The van der Waals surface area contributed by atoms with Crippen LogP contribution in [0.3, 0.4) is 0 Å². The third kappa shape index (κ3) is 4.10. The lowest BCUT2D eigenvalue weighted by Gasteiger charge is -2.11. The Balaban J connectivity index is 1.72. The minimum Gasteiger partial charge on any atom is -0.321 e. The van der Waals surface area contributed by atoms with Crippen LogP contribution in [0.1, 0.15) is 16.1 Å². The Morgan fingerprint density at radius 3 is 2.17 bits per heavy atom. The van der Waals surface area contributed by atoms with E-state index in [-0.39, 0.29) is 11.4 Å². The van der Waals surface area contributed by atoms with Crippen LogP contribution in [0.25, 0.3) is 16.9 Å². The molecule has 0 bridgehead atoms. The molecule has 4 aromatic rings. The lowest BCUT2D eigenvalue weighted by molar-refractivity contribution is -0.137. The fourth-order valence-corrected chi connectivity index (χ4v) is 3.03. The number of anilines is 1. The molecule has 1 heterocycles. The van der Waals surface area contributed by atoms with Gasteiger partial charge in [-0.15, -0.1) is 0 Å². The average Bonchev–Trinajstić information content (AvgIpc) is 3.20. The van der Waals surface area contributed by atoms with E-state index in [1.165, 1.54) is 16.8 Å². The number of nitrogens with zero attached hydrogens (tertiary/aromatic N) is 2. The highest BCUT2D eigenvalue weighted by Gasteiger charge is 2.30. The Bertz CT molecular complexity index is 1170. The molecule has 150 valence electrons. The summed E-state index contributed by atoms with van der Waals surface area (Å²) in [5.41, 5.74) is 1.49. The number of rotatable bonds is 4. The molecule has 7 heteroatoms. The summed E-state index contributed by atoms with van der Waals surface area (Å²) in [6, 6.07) is 24.5. The first-order valence-electron chi connectivity index (χ1n) is 9.11. The second-order valence-corrected chi connectivity index (χ2v) is 6.56. The van der Waals surface area contributed by atoms with Crippen molar-refractivity contribution in [1.29, 1.82) is 0 Å². The highest BCUT2D eigenvalue weighted by molar-refractivity contribution is 6.04. The summed E-state index contributed by atoms with van der Waals surface area (Å²) in [4.78, 5) is 13.0. The van der Waals surface area contributed by atoms with Crippen molar-refractivity contribution in [3.63, 3.8) is 0 Å². The predicted octanol–water partition coefficient (Wildman–Crippen LogP) is 5.81. The molecule has 4 nitrogen and oxygen atoms in total. The minimum absolute atomic E-state index is 0.0527. The van der Waals surface area contributed by atoms with E-state index in [1.54, 1.807) is 18.2 Å². The van der Waals surface area contributed by atoms with Gasteiger partial charge in [-0.25, -0.2) is 4.68 Å². The predicted molar refractivity (Wildman–Crippen MR) is 108 cm³/mol. The molecule has 1 amide bonds. The molecule has 0 aliphatic carbocycles. The van der Waals surface area contributed by atoms with E-state index in [9.17, 15) is 18.0 Å². The molecule has 3 aromatic carbocycles. The number of nitrogens with one attached hydrogen (secondary N) is 1. The van der Waals surface area contributed by atoms with E-state index in [0.717, 1.165) is 17.7 Å². The van der Waals surface area contributed by atoms with Crippen LogP contribution in [0.15, 0.2) is 91.0 Å². The first-order chi connectivity index (χ1) is 14.4. The molecule has 0 atom stereocenters. The van der Waals surface area contributed by atoms with Crippen LogP contribution in [0.4, 0.5) is 18.9 Å². The fraction of sp³-hybridized carbons (Fsp3) is 0.0435. The Labute approximate surface area is 170 Å². The van der Waals surface area contributed by atoms with Gasteiger partial charge >= 0.3 is 6.18 Å². The van der Waals surface area contributed by atoms with Crippen molar-refractivity contribution in [2.45, 2.75) is 6.18 Å². The van der Waals surface area contributed by atoms with Gasteiger partial charge in [0.15, 0.2) is 0 Å². The van der Waals surface area contributed by atoms with Crippen molar-refractivity contribution >= 4 is 11.6 Å². The zero-order chi connectivity index (χ0) is 21.1. The van der Waals surface area contributed by atoms with Crippen LogP contribution in [-0.2, 0) is 6.18 Å². The zero-order valence-corrected chi connectivity index (χ0v) is 15.6. The van der Waals surface area contributed by atoms with Gasteiger partial charge in [0, 0.05) is 11.3 Å². The molecule has 0 radical (unpaired) electrons. The molecule has 0 spiro atoms. The maximum absolute atomic E-state index is 13.0. The number of aromatic nitrogens is 2. The summed E-state index contributed by atoms with van der Waals surface area (Å²) < 4.78 is 40.4. The van der Waals surface area contributed by atoms with Crippen molar-refractivity contribution < 1.29 is 18.0 Å². The van der Waals surface area contributed by atoms with E-state index < -0.39 is 17.6 Å². The largest absolute Gasteiger partial charge is 0.416 e. The molecule has 0 aliphatic heterocycles. The standard InChI is InChI=1S/C23H16F3N3O/c24-23(25,26)17-10-7-11-18(14-17)27-22(30)21-15-20(16-8-3-1-4-9-16)28-29(21)19-12-5-2-6-13-19/h1-15H,(H,27,30). The van der Waals surface area contributed by atoms with Gasteiger partial charge in [0.05, 0.1) is 16.9 Å². The van der Waals surface area contributed by atoms with E-state index >= 15 is 0 Å². The van der Waals surface area contributed by atoms with Crippen LogP contribution in [-0.4, -0.2) is 15.7 Å². The van der Waals surface area contributed by atoms with E-state index in [4.69, 9.17) is 0 Å². The van der Waals surface area contributed by atoms with Gasteiger partial charge < -0.3 is 5.32 Å². The molecule has 1 aromatic heterocycles. The number of benzene rings is 3. The van der Waals surface area contributed by atoms with Crippen molar-refractivity contribution in [2.75, 3.05) is 5.32 Å². The maximum atomic E-state index is 13.0. The second-order valence-electron chi connectivity index (χ2n) is 6.56. The van der Waals surface area contributed by atoms with Crippen molar-refractivity contribution in [2.24, 2.45) is 0 Å². The van der Waals surface area contributed by atoms with Crippen LogP contribution in [0.2, 0.25) is 0 Å². The number of hydrogen-bond acceptors (Lipinski definition) is 2. The summed E-state index contributed by atoms with van der Waals surface area (Å²) in [7, 11) is 0. The second kappa shape index (κ2) is 7.87. The summed E-state index contributed by atoms with van der Waals surface area (Å²) in [5, 5.41) is 7.09. The van der Waals surface area contributed by atoms with Crippen molar-refractivity contribution in [1.82, 2.24) is 9.78 Å². The van der Waals surface area contributed by atoms with Crippen LogP contribution < -0.4 is 5.32 Å². The molecule has 0 saturated carbocycles. The Kier molecular flexibility index (Phi) is 5.10. The van der Waals surface area contributed by atoms with Crippen molar-refractivity contribution in [3.05, 3.63) is 102 Å². The van der Waals surface area contributed by atoms with Gasteiger partial charge in [-0.05, 0) is 36.4 Å². The quantitative estimate of drug-likeness (QED) is 0.464. The summed E-state index contributed by atoms with van der Waals surface area (Å²) in [5.74, 6) is -0.562. The third-order valence-electron chi connectivity index (χ3n) is 4.46. The van der Waals surface area contributed by atoms with Crippen LogP contribution in [0.5, 0.6) is 0 Å².